The average molecular weight is 1030 g/mol. The molecule has 14 nitrogen and oxygen atoms in total. The van der Waals surface area contributed by atoms with Gasteiger partial charge < -0.3 is 35.1 Å². The van der Waals surface area contributed by atoms with Crippen molar-refractivity contribution >= 4 is 58.5 Å². The molecule has 1 aliphatic carbocycles. The molecule has 4 N–H and O–H groups in total. The summed E-state index contributed by atoms with van der Waals surface area (Å²) in [5.41, 5.74) is 5.90. The first kappa shape index (κ1) is 51.0. The minimum Gasteiger partial charge on any atom is -0.494 e. The number of imide groups is 1. The largest absolute Gasteiger partial charge is 0.494 e. The lowest BCUT2D eigenvalue weighted by Gasteiger charge is -2.39. The van der Waals surface area contributed by atoms with E-state index in [-0.39, 0.29) is 82.5 Å². The van der Waals surface area contributed by atoms with Crippen LogP contribution in [0.4, 0.5) is 19.3 Å². The number of piperidine rings is 2. The van der Waals surface area contributed by atoms with E-state index in [0.29, 0.717) is 53.5 Å². The standard InChI is InChI=1S/C54H60Cl2F2N6O8/c1-31-46-43(28-40(57)49(56)48(46)47-38(51(59)67)13-15-42(70-2)50(47)58)72-54(31,35-6-4-3-5-7-35)30-60-36-10-8-34(9-11-36)52(68)63-23-18-33(19-24-63)26-32-16-21-62(22-17-32)45(66)29-71-37-12-14-39(55)41(27-37)64-25-20-44(65)61-53(64)69/h3-7,12-15,27-28,31-34,36,60H,8-11,16-26,29-30H2,1-2H3,(H2,59,67)(H,61,65,69)/t31-,34?,36?,54-/m0/s1. The number of anilines is 1. The number of nitrogens with zero attached hydrogens (tertiary/aromatic N) is 3. The molecule has 2 atom stereocenters. The van der Waals surface area contributed by atoms with Gasteiger partial charge in [0.15, 0.2) is 23.8 Å². The molecule has 9 rings (SSSR count). The Morgan fingerprint density at radius 3 is 2.19 bits per heavy atom. The van der Waals surface area contributed by atoms with Crippen LogP contribution in [0.15, 0.2) is 66.7 Å². The summed E-state index contributed by atoms with van der Waals surface area (Å²) in [6.45, 7) is 5.09. The molecule has 0 radical (unpaired) electrons. The van der Waals surface area contributed by atoms with Gasteiger partial charge in [-0.2, -0.15) is 0 Å². The van der Waals surface area contributed by atoms with Gasteiger partial charge in [-0.1, -0.05) is 60.5 Å². The number of carbonyl (C=O) groups is 5. The zero-order valence-corrected chi connectivity index (χ0v) is 42.0. The van der Waals surface area contributed by atoms with Crippen molar-refractivity contribution in [3.05, 3.63) is 105 Å². The van der Waals surface area contributed by atoms with Crippen molar-refractivity contribution in [3.8, 4) is 28.4 Å². The molecule has 3 saturated heterocycles. The second-order valence-electron chi connectivity index (χ2n) is 19.8. The first-order chi connectivity index (χ1) is 34.6. The molecule has 4 fully saturated rings. The number of fused-ring (bicyclic) bond motifs is 1. The molecule has 0 bridgehead atoms. The third-order valence-corrected chi connectivity index (χ3v) is 16.4. The highest BCUT2D eigenvalue weighted by molar-refractivity contribution is 6.34. The summed E-state index contributed by atoms with van der Waals surface area (Å²) >= 11 is 13.1. The molecule has 1 saturated carbocycles. The van der Waals surface area contributed by atoms with Crippen molar-refractivity contribution in [2.75, 3.05) is 57.9 Å². The number of halogens is 4. The summed E-state index contributed by atoms with van der Waals surface area (Å²) in [6.07, 6.45) is 8.02. The van der Waals surface area contributed by atoms with Crippen molar-refractivity contribution in [2.24, 2.45) is 23.5 Å². The molecular formula is C54H60Cl2F2N6O8. The van der Waals surface area contributed by atoms with Crippen molar-refractivity contribution in [2.45, 2.75) is 88.7 Å². The van der Waals surface area contributed by atoms with Gasteiger partial charge in [-0.15, -0.1) is 0 Å². The number of primary amides is 1. The van der Waals surface area contributed by atoms with E-state index in [1.54, 1.807) is 18.2 Å². The van der Waals surface area contributed by atoms with E-state index in [1.165, 1.54) is 30.2 Å². The normalized spacial score (nSPS) is 22.8. The van der Waals surface area contributed by atoms with E-state index in [4.69, 9.17) is 43.1 Å². The predicted molar refractivity (Wildman–Crippen MR) is 268 cm³/mol. The fraction of sp³-hybridized carbons (Fsp3) is 0.463. The Morgan fingerprint density at radius 2 is 1.54 bits per heavy atom. The first-order valence-electron chi connectivity index (χ1n) is 24.9. The molecule has 4 heterocycles. The molecular weight excluding hydrogens is 970 g/mol. The van der Waals surface area contributed by atoms with Crippen molar-refractivity contribution < 1.29 is 47.0 Å². The third-order valence-electron chi connectivity index (χ3n) is 15.7. The van der Waals surface area contributed by atoms with Crippen molar-refractivity contribution in [3.63, 3.8) is 0 Å². The second kappa shape index (κ2) is 21.6. The van der Waals surface area contributed by atoms with Gasteiger partial charge in [0.05, 0.1) is 28.4 Å². The number of nitrogens with one attached hydrogen (secondary N) is 2. The number of methoxy groups -OCH3 is 1. The van der Waals surface area contributed by atoms with Crippen LogP contribution in [0.5, 0.6) is 17.2 Å². The van der Waals surface area contributed by atoms with Gasteiger partial charge in [0.2, 0.25) is 17.7 Å². The number of hydrogen-bond donors (Lipinski definition) is 3. The van der Waals surface area contributed by atoms with Crippen LogP contribution in [0.3, 0.4) is 0 Å². The summed E-state index contributed by atoms with van der Waals surface area (Å²) in [6, 6.07) is 17.8. The zero-order valence-electron chi connectivity index (χ0n) is 40.5. The van der Waals surface area contributed by atoms with Crippen molar-refractivity contribution in [1.82, 2.24) is 20.4 Å². The fourth-order valence-electron chi connectivity index (χ4n) is 11.6. The molecule has 0 unspecified atom stereocenters. The Morgan fingerprint density at radius 1 is 0.861 bits per heavy atom. The Balaban J connectivity index is 0.749. The summed E-state index contributed by atoms with van der Waals surface area (Å²) in [5.74, 6) is -1.99. The summed E-state index contributed by atoms with van der Waals surface area (Å²) in [4.78, 5) is 69.0. The maximum absolute atomic E-state index is 16.2. The number of carbonyl (C=O) groups excluding carboxylic acids is 5. The van der Waals surface area contributed by atoms with Crippen LogP contribution >= 0.6 is 23.2 Å². The molecule has 72 heavy (non-hydrogen) atoms. The molecule has 4 aliphatic heterocycles. The number of ether oxygens (including phenoxy) is 3. The lowest BCUT2D eigenvalue weighted by atomic mass is 9.77. The number of nitrogens with two attached hydrogens (primary N) is 1. The molecule has 5 aliphatic rings. The van der Waals surface area contributed by atoms with Gasteiger partial charge in [-0.25, -0.2) is 13.6 Å². The Hall–Kier alpha value is -5.97. The summed E-state index contributed by atoms with van der Waals surface area (Å²) in [7, 11) is 1.30. The smallest absolute Gasteiger partial charge is 0.328 e. The van der Waals surface area contributed by atoms with Crippen LogP contribution in [0.2, 0.25) is 10.0 Å². The fourth-order valence-corrected chi connectivity index (χ4v) is 12.0. The Kier molecular flexibility index (Phi) is 15.3. The number of hydrogen-bond acceptors (Lipinski definition) is 9. The number of benzene rings is 4. The molecule has 4 aromatic rings. The molecule has 18 heteroatoms. The minimum absolute atomic E-state index is 0.0106. The SMILES string of the molecule is COc1ccc(C(N)=O)c(-c2c(Cl)c(F)cc3c2[C@H](C)[C@@](CNC2CCC(C(=O)N4CCC(CC5CCN(C(=O)COc6ccc(Cl)c(N7CCC(=O)NC7=O)c6)CC5)CC4)CC2)(c2ccccc2)O3)c1F. The van der Waals surface area contributed by atoms with Crippen LogP contribution in [-0.2, 0) is 20.0 Å². The van der Waals surface area contributed by atoms with Gasteiger partial charge in [-0.3, -0.25) is 29.4 Å². The quantitative estimate of drug-likeness (QED) is 0.111. The molecule has 4 aromatic carbocycles. The average Bonchev–Trinajstić information content (AvgIpc) is 3.67. The van der Waals surface area contributed by atoms with E-state index in [2.05, 4.69) is 10.6 Å². The predicted octanol–water partition coefficient (Wildman–Crippen LogP) is 8.98. The minimum atomic E-state index is -1.08. The van der Waals surface area contributed by atoms with Crippen LogP contribution in [-0.4, -0.2) is 98.5 Å². The Labute approximate surface area is 427 Å². The van der Waals surface area contributed by atoms with Gasteiger partial charge in [-0.05, 0) is 99.5 Å². The zero-order chi connectivity index (χ0) is 50.8. The van der Waals surface area contributed by atoms with Crippen LogP contribution in [0, 0.1) is 29.4 Å². The highest BCUT2D eigenvalue weighted by Gasteiger charge is 2.50. The second-order valence-corrected chi connectivity index (χ2v) is 20.6. The highest BCUT2D eigenvalue weighted by atomic mass is 35.5. The summed E-state index contributed by atoms with van der Waals surface area (Å²) < 4.78 is 49.9. The van der Waals surface area contributed by atoms with E-state index in [1.807, 2.05) is 47.1 Å². The number of likely N-dealkylation sites (tertiary alicyclic amines) is 2. The van der Waals surface area contributed by atoms with Crippen molar-refractivity contribution in [1.29, 1.82) is 0 Å². The van der Waals surface area contributed by atoms with Gasteiger partial charge in [0.25, 0.3) is 5.91 Å². The van der Waals surface area contributed by atoms with Crippen LogP contribution in [0.1, 0.15) is 98.5 Å². The topological polar surface area (TPSA) is 173 Å². The maximum atomic E-state index is 16.2. The Bertz CT molecular complexity index is 2730. The lowest BCUT2D eigenvalue weighted by molar-refractivity contribution is -0.138. The van der Waals surface area contributed by atoms with E-state index >= 15 is 8.78 Å². The first-order valence-corrected chi connectivity index (χ1v) is 25.7. The molecule has 382 valence electrons. The van der Waals surface area contributed by atoms with E-state index < -0.39 is 35.1 Å². The number of amides is 6. The van der Waals surface area contributed by atoms with E-state index in [0.717, 1.165) is 76.4 Å². The summed E-state index contributed by atoms with van der Waals surface area (Å²) in [5, 5.41) is 6.00. The van der Waals surface area contributed by atoms with Crippen LogP contribution < -0.4 is 35.5 Å². The molecule has 0 aromatic heterocycles. The lowest BCUT2D eigenvalue weighted by Crippen LogP contribution is -2.49. The number of rotatable bonds is 14. The van der Waals surface area contributed by atoms with Gasteiger partial charge in [0.1, 0.15) is 17.3 Å². The monoisotopic (exact) mass is 1030 g/mol. The van der Waals surface area contributed by atoms with E-state index in [9.17, 15) is 24.0 Å². The maximum Gasteiger partial charge on any atom is 0.328 e. The third kappa shape index (κ3) is 10.3. The molecule has 0 spiro atoms. The van der Waals surface area contributed by atoms with Gasteiger partial charge >= 0.3 is 6.03 Å². The van der Waals surface area contributed by atoms with Crippen LogP contribution in [0.25, 0.3) is 11.1 Å². The number of urea groups is 1. The molecule has 6 amide bonds. The van der Waals surface area contributed by atoms with Gasteiger partial charge in [0, 0.05) is 92.4 Å². The highest BCUT2D eigenvalue weighted by Crippen LogP contribution is 2.56.